The van der Waals surface area contributed by atoms with E-state index in [-0.39, 0.29) is 0 Å². The van der Waals surface area contributed by atoms with Crippen molar-refractivity contribution in [1.82, 2.24) is 0 Å². The van der Waals surface area contributed by atoms with Gasteiger partial charge in [-0.3, -0.25) is 4.21 Å². The Morgan fingerprint density at radius 1 is 1.32 bits per heavy atom. The third-order valence-electron chi connectivity index (χ3n) is 3.97. The van der Waals surface area contributed by atoms with Crippen molar-refractivity contribution in [3.05, 3.63) is 23.8 Å². The van der Waals surface area contributed by atoms with Gasteiger partial charge < -0.3 is 9.47 Å². The highest BCUT2D eigenvalue weighted by atomic mass is 32.2. The number of hydrogen-bond donors (Lipinski definition) is 0. The van der Waals surface area contributed by atoms with Crippen molar-refractivity contribution < 1.29 is 13.7 Å². The lowest BCUT2D eigenvalue weighted by Crippen LogP contribution is -2.21. The van der Waals surface area contributed by atoms with Crippen LogP contribution in [0.2, 0.25) is 0 Å². The van der Waals surface area contributed by atoms with Gasteiger partial charge in [0.1, 0.15) is 5.75 Å². The zero-order valence-electron chi connectivity index (χ0n) is 14.0. The summed E-state index contributed by atoms with van der Waals surface area (Å²) in [5.74, 6) is 2.56. The van der Waals surface area contributed by atoms with Gasteiger partial charge in [0.25, 0.3) is 0 Å². The molecule has 1 atom stereocenters. The minimum Gasteiger partial charge on any atom is -0.492 e. The van der Waals surface area contributed by atoms with Crippen LogP contribution >= 0.6 is 0 Å². The average molecular weight is 324 g/mol. The van der Waals surface area contributed by atoms with Crippen LogP contribution in [0.15, 0.2) is 23.1 Å². The van der Waals surface area contributed by atoms with E-state index in [1.165, 1.54) is 5.56 Å². The Bertz CT molecular complexity index is 493. The lowest BCUT2D eigenvalue weighted by molar-refractivity contribution is 0.0493. The molecule has 1 aliphatic rings. The maximum Gasteiger partial charge on any atom is 0.135 e. The first-order valence-electron chi connectivity index (χ1n) is 8.32. The van der Waals surface area contributed by atoms with E-state index < -0.39 is 10.8 Å². The molecule has 0 aliphatic carbocycles. The topological polar surface area (TPSA) is 35.5 Å². The summed E-state index contributed by atoms with van der Waals surface area (Å²) in [5, 5.41) is 0. The van der Waals surface area contributed by atoms with Crippen molar-refractivity contribution >= 4 is 10.8 Å². The van der Waals surface area contributed by atoms with Gasteiger partial charge in [0.05, 0.1) is 22.3 Å². The number of benzene rings is 1. The van der Waals surface area contributed by atoms with Crippen molar-refractivity contribution in [2.24, 2.45) is 11.8 Å². The van der Waals surface area contributed by atoms with E-state index in [0.29, 0.717) is 24.2 Å². The van der Waals surface area contributed by atoms with Gasteiger partial charge in [-0.2, -0.15) is 0 Å². The Morgan fingerprint density at radius 3 is 2.68 bits per heavy atom. The van der Waals surface area contributed by atoms with Crippen molar-refractivity contribution in [2.75, 3.05) is 25.6 Å². The molecule has 124 valence electrons. The summed E-state index contributed by atoms with van der Waals surface area (Å²) in [6.45, 7) is 8.70. The Balaban J connectivity index is 2.09. The molecule has 4 heteroatoms. The lowest BCUT2D eigenvalue weighted by atomic mass is 10.0. The molecule has 1 heterocycles. The Hall–Kier alpha value is -0.870. The summed E-state index contributed by atoms with van der Waals surface area (Å²) in [7, 11) is -0.983. The first kappa shape index (κ1) is 17.5. The summed E-state index contributed by atoms with van der Waals surface area (Å²) in [6, 6.07) is 6.18. The van der Waals surface area contributed by atoms with Crippen molar-refractivity contribution in [3.63, 3.8) is 0 Å². The fourth-order valence-electron chi connectivity index (χ4n) is 2.72. The zero-order chi connectivity index (χ0) is 15.9. The predicted octanol–water partition coefficient (Wildman–Crippen LogP) is 3.82. The van der Waals surface area contributed by atoms with Crippen LogP contribution < -0.4 is 4.74 Å². The maximum absolute atomic E-state index is 12.3. The molecule has 0 bridgehead atoms. The first-order valence-corrected chi connectivity index (χ1v) is 9.63. The second-order valence-corrected chi connectivity index (χ2v) is 8.09. The molecular formula is C18H28O3S. The second-order valence-electron chi connectivity index (χ2n) is 6.38. The highest BCUT2D eigenvalue weighted by Gasteiger charge is 2.17. The van der Waals surface area contributed by atoms with E-state index in [4.69, 9.17) is 9.47 Å². The number of rotatable bonds is 7. The quantitative estimate of drug-likeness (QED) is 0.765. The van der Waals surface area contributed by atoms with Gasteiger partial charge >= 0.3 is 0 Å². The van der Waals surface area contributed by atoms with E-state index in [1.54, 1.807) is 0 Å². The smallest absolute Gasteiger partial charge is 0.135 e. The van der Waals surface area contributed by atoms with Gasteiger partial charge in [-0.15, -0.1) is 0 Å². The molecule has 1 saturated heterocycles. The molecule has 1 aliphatic heterocycles. The molecule has 1 aromatic carbocycles. The Morgan fingerprint density at radius 2 is 2.05 bits per heavy atom. The van der Waals surface area contributed by atoms with Crippen LogP contribution in [0.3, 0.4) is 0 Å². The lowest BCUT2D eigenvalue weighted by Gasteiger charge is -2.23. The van der Waals surface area contributed by atoms with Crippen LogP contribution in [0.4, 0.5) is 0 Å². The molecular weight excluding hydrogens is 296 g/mol. The fourth-order valence-corrected chi connectivity index (χ4v) is 3.67. The van der Waals surface area contributed by atoms with Gasteiger partial charge in [-0.25, -0.2) is 0 Å². The van der Waals surface area contributed by atoms with Crippen LogP contribution in [0.1, 0.15) is 39.2 Å². The van der Waals surface area contributed by atoms with E-state index in [9.17, 15) is 4.21 Å². The van der Waals surface area contributed by atoms with Gasteiger partial charge in [0.2, 0.25) is 0 Å². The van der Waals surface area contributed by atoms with Gasteiger partial charge in [-0.05, 0) is 48.8 Å². The first-order chi connectivity index (χ1) is 10.6. The number of hydrogen-bond acceptors (Lipinski definition) is 3. The van der Waals surface area contributed by atoms with Gasteiger partial charge in [-0.1, -0.05) is 26.8 Å². The molecule has 1 aromatic rings. The maximum atomic E-state index is 12.3. The van der Waals surface area contributed by atoms with Gasteiger partial charge in [0.15, 0.2) is 0 Å². The molecule has 1 fully saturated rings. The normalized spacial score (nSPS) is 17.6. The van der Waals surface area contributed by atoms with Crippen molar-refractivity contribution in [1.29, 1.82) is 0 Å². The van der Waals surface area contributed by atoms with Gasteiger partial charge in [0, 0.05) is 19.0 Å². The summed E-state index contributed by atoms with van der Waals surface area (Å²) in [6.07, 6.45) is 3.11. The molecule has 0 N–H and O–H groups in total. The molecule has 22 heavy (non-hydrogen) atoms. The van der Waals surface area contributed by atoms with Crippen LogP contribution in [0.25, 0.3) is 0 Å². The molecule has 0 spiro atoms. The number of ether oxygens (including phenoxy) is 2. The monoisotopic (exact) mass is 324 g/mol. The molecule has 0 amide bonds. The average Bonchev–Trinajstić information content (AvgIpc) is 2.53. The third kappa shape index (κ3) is 5.10. The Kier molecular flexibility index (Phi) is 6.90. The summed E-state index contributed by atoms with van der Waals surface area (Å²) in [4.78, 5) is 0.854. The van der Waals surface area contributed by atoms with E-state index in [1.807, 2.05) is 13.0 Å². The van der Waals surface area contributed by atoms with E-state index in [2.05, 4.69) is 26.0 Å². The van der Waals surface area contributed by atoms with Crippen LogP contribution in [0, 0.1) is 11.8 Å². The standard InChI is InChI=1S/C18H28O3S/c1-4-22(19)18-12-16(11-14(2)3)5-6-17(18)21-13-15-7-9-20-10-8-15/h5-6,12,14-15H,4,7-11,13H2,1-3H3. The molecule has 2 rings (SSSR count). The molecule has 0 radical (unpaired) electrons. The summed E-state index contributed by atoms with van der Waals surface area (Å²) in [5.41, 5.74) is 1.24. The molecule has 0 saturated carbocycles. The molecule has 1 unspecified atom stereocenters. The van der Waals surface area contributed by atoms with Crippen LogP contribution in [-0.2, 0) is 22.0 Å². The van der Waals surface area contributed by atoms with Crippen molar-refractivity contribution in [2.45, 2.75) is 44.9 Å². The second kappa shape index (κ2) is 8.68. The molecule has 0 aromatic heterocycles. The predicted molar refractivity (Wildman–Crippen MR) is 91.0 cm³/mol. The minimum absolute atomic E-state index is 0.548. The highest BCUT2D eigenvalue weighted by Crippen LogP contribution is 2.27. The largest absolute Gasteiger partial charge is 0.492 e. The molecule has 3 nitrogen and oxygen atoms in total. The van der Waals surface area contributed by atoms with Crippen LogP contribution in [0.5, 0.6) is 5.75 Å². The van der Waals surface area contributed by atoms with E-state index >= 15 is 0 Å². The highest BCUT2D eigenvalue weighted by molar-refractivity contribution is 7.85. The minimum atomic E-state index is -0.983. The zero-order valence-corrected chi connectivity index (χ0v) is 14.8. The SMILES string of the molecule is CCS(=O)c1cc(CC(C)C)ccc1OCC1CCOCC1. The Labute approximate surface area is 136 Å². The summed E-state index contributed by atoms with van der Waals surface area (Å²) >= 11 is 0. The third-order valence-corrected chi connectivity index (χ3v) is 5.31. The van der Waals surface area contributed by atoms with Crippen LogP contribution in [-0.4, -0.2) is 29.8 Å². The van der Waals surface area contributed by atoms with Crippen molar-refractivity contribution in [3.8, 4) is 5.75 Å². The summed E-state index contributed by atoms with van der Waals surface area (Å²) < 4.78 is 23.7. The van der Waals surface area contributed by atoms with E-state index in [0.717, 1.165) is 43.1 Å². The fraction of sp³-hybridized carbons (Fsp3) is 0.667.